The number of methoxy groups -OCH3 is 1. The number of hydrogen-bond donors (Lipinski definition) is 1. The van der Waals surface area contributed by atoms with E-state index in [0.29, 0.717) is 31.7 Å². The number of ether oxygens (including phenoxy) is 1. The van der Waals surface area contributed by atoms with Gasteiger partial charge in [0.2, 0.25) is 0 Å². The Morgan fingerprint density at radius 3 is 2.39 bits per heavy atom. The number of aromatic nitrogens is 2. The van der Waals surface area contributed by atoms with E-state index in [4.69, 9.17) is 4.74 Å². The molecule has 3 aliphatic rings. The minimum absolute atomic E-state index is 0. The van der Waals surface area contributed by atoms with Crippen molar-refractivity contribution >= 4 is 5.91 Å². The van der Waals surface area contributed by atoms with Crippen LogP contribution in [0.5, 0.6) is 5.75 Å². The number of nitrogens with zero attached hydrogens (tertiary/aromatic N) is 3. The number of hydrogen-bond acceptors (Lipinski definition) is 4. The molecule has 2 saturated carbocycles. The Kier molecular flexibility index (Phi) is 9.84. The van der Waals surface area contributed by atoms with Crippen LogP contribution in [-0.2, 0) is 30.0 Å². The predicted octanol–water partition coefficient (Wildman–Crippen LogP) is 2.72. The second-order valence-corrected chi connectivity index (χ2v) is 7.74. The van der Waals surface area contributed by atoms with Gasteiger partial charge in [-0.15, -0.1) is 0 Å². The standard InChI is InChI=1S/C21H22N3O3.C5H5.Fe/c1-27-18-8-4-5-15(11-18)9-10-23-13-17(25)14-24-20(21(23)26)12-19(22-24)16-6-2-3-7-16;1-2-4-5-3-1;/h2-8,11-12,17,25H,9-10,13-14H2,1H3;1-5H;/q;;+2/t17-;;/m0../s1. The molecule has 33 heavy (non-hydrogen) atoms. The second-order valence-electron chi connectivity index (χ2n) is 7.74. The van der Waals surface area contributed by atoms with E-state index in [1.165, 1.54) is 0 Å². The third-order valence-corrected chi connectivity index (χ3v) is 5.42. The van der Waals surface area contributed by atoms with Gasteiger partial charge in [-0.3, -0.25) is 9.48 Å². The summed E-state index contributed by atoms with van der Waals surface area (Å²) in [5, 5.41) is 14.9. The molecule has 2 aliphatic carbocycles. The zero-order chi connectivity index (χ0) is 22.3. The van der Waals surface area contributed by atoms with Crippen molar-refractivity contribution in [1.29, 1.82) is 0 Å². The smallest absolute Gasteiger partial charge is 0.497 e. The molecule has 2 heterocycles. The number of carbonyl (C=O) groups is 1. The van der Waals surface area contributed by atoms with Gasteiger partial charge in [-0.2, -0.15) is 5.10 Å². The maximum Gasteiger partial charge on any atom is 2.00 e. The molecule has 5 rings (SSSR count). The van der Waals surface area contributed by atoms with Gasteiger partial charge in [0.25, 0.3) is 5.91 Å². The van der Waals surface area contributed by atoms with Gasteiger partial charge in [0.15, 0.2) is 0 Å². The van der Waals surface area contributed by atoms with Crippen LogP contribution in [0.1, 0.15) is 21.7 Å². The van der Waals surface area contributed by atoms with E-state index in [1.807, 2.05) is 88.1 Å². The molecule has 0 unspecified atom stereocenters. The molecule has 1 aromatic heterocycles. The van der Waals surface area contributed by atoms with E-state index in [9.17, 15) is 9.90 Å². The summed E-state index contributed by atoms with van der Waals surface area (Å²) in [6.07, 6.45) is 17.9. The van der Waals surface area contributed by atoms with E-state index in [2.05, 4.69) is 5.10 Å². The molecule has 2 fully saturated rings. The molecule has 2 aromatic rings. The zero-order valence-corrected chi connectivity index (χ0v) is 19.6. The van der Waals surface area contributed by atoms with Crippen molar-refractivity contribution < 1.29 is 31.7 Å². The van der Waals surface area contributed by atoms with Crippen LogP contribution >= 0.6 is 0 Å². The summed E-state index contributed by atoms with van der Waals surface area (Å²) in [5.41, 5.74) is 2.37. The van der Waals surface area contributed by atoms with Gasteiger partial charge in [0, 0.05) is 19.0 Å². The first-order valence-corrected chi connectivity index (χ1v) is 10.7. The third kappa shape index (κ3) is 6.84. The summed E-state index contributed by atoms with van der Waals surface area (Å²) in [6.45, 7) is 1.15. The molecule has 170 valence electrons. The largest absolute Gasteiger partial charge is 2.00 e. The molecule has 1 aliphatic heterocycles. The van der Waals surface area contributed by atoms with Crippen molar-refractivity contribution in [3.63, 3.8) is 0 Å². The fourth-order valence-corrected chi connectivity index (χ4v) is 3.78. The number of β-amino-alcohol motifs (C(OH)–C–C–N with tert-alkyl or cyclic N) is 1. The molecule has 0 saturated heterocycles. The van der Waals surface area contributed by atoms with Crippen molar-refractivity contribution in [2.24, 2.45) is 0 Å². The van der Waals surface area contributed by atoms with Crippen LogP contribution in [-0.4, -0.2) is 52.0 Å². The topological polar surface area (TPSA) is 67.6 Å². The van der Waals surface area contributed by atoms with Crippen LogP contribution in [0.4, 0.5) is 0 Å². The number of carbonyl (C=O) groups excluding carboxylic acids is 1. The minimum Gasteiger partial charge on any atom is -0.497 e. The Morgan fingerprint density at radius 2 is 1.73 bits per heavy atom. The molecule has 1 amide bonds. The van der Waals surface area contributed by atoms with Crippen molar-refractivity contribution in [2.75, 3.05) is 20.2 Å². The van der Waals surface area contributed by atoms with Gasteiger partial charge in [0.1, 0.15) is 11.4 Å². The Labute approximate surface area is 208 Å². The number of amides is 1. The van der Waals surface area contributed by atoms with Gasteiger partial charge in [0.05, 0.1) is 25.5 Å². The van der Waals surface area contributed by atoms with E-state index >= 15 is 0 Å². The molecule has 0 bridgehead atoms. The molecule has 1 aromatic carbocycles. The van der Waals surface area contributed by atoms with E-state index in [1.54, 1.807) is 16.7 Å². The average molecular weight is 485 g/mol. The van der Waals surface area contributed by atoms with Crippen molar-refractivity contribution in [1.82, 2.24) is 14.7 Å². The summed E-state index contributed by atoms with van der Waals surface area (Å²) in [5.74, 6) is 1.67. The van der Waals surface area contributed by atoms with E-state index < -0.39 is 6.10 Å². The first-order chi connectivity index (χ1) is 15.6. The van der Waals surface area contributed by atoms with Gasteiger partial charge >= 0.3 is 17.1 Å². The molecule has 10 radical (unpaired) electrons. The van der Waals surface area contributed by atoms with Crippen molar-refractivity contribution in [3.8, 4) is 5.75 Å². The summed E-state index contributed by atoms with van der Waals surface area (Å²) in [7, 11) is 1.64. The van der Waals surface area contributed by atoms with Crippen LogP contribution in [0.25, 0.3) is 0 Å². The summed E-state index contributed by atoms with van der Waals surface area (Å²) >= 11 is 0. The van der Waals surface area contributed by atoms with Crippen LogP contribution in [0.2, 0.25) is 0 Å². The quantitative estimate of drug-likeness (QED) is 0.662. The number of fused-ring (bicyclic) bond motifs is 1. The van der Waals surface area contributed by atoms with Crippen LogP contribution in [0.15, 0.2) is 30.3 Å². The fraction of sp³-hybridized carbons (Fsp3) is 0.231. The molecule has 1 N–H and O–H groups in total. The Hall–Kier alpha value is -1.82. The fourth-order valence-electron chi connectivity index (χ4n) is 3.78. The Bertz CT molecular complexity index is 883. The molecule has 6 nitrogen and oxygen atoms in total. The van der Waals surface area contributed by atoms with Gasteiger partial charge in [-0.25, -0.2) is 0 Å². The maximum absolute atomic E-state index is 13.0. The monoisotopic (exact) mass is 485 g/mol. The Morgan fingerprint density at radius 1 is 1.03 bits per heavy atom. The minimum atomic E-state index is -0.645. The third-order valence-electron chi connectivity index (χ3n) is 5.42. The molecular weight excluding hydrogens is 458 g/mol. The Balaban J connectivity index is 0.000000453. The average Bonchev–Trinajstić information content (AvgIpc) is 3.58. The molecule has 7 heteroatoms. The van der Waals surface area contributed by atoms with Gasteiger partial charge in [-0.1, -0.05) is 12.1 Å². The SMILES string of the molecule is COc1cccc(CCN2C[C@H](O)Cn3nc([C]4[CH][CH][CH][CH]4)cc3C2=O)c1.[CH]1[CH][CH][CH][CH]1.[Fe+2]. The zero-order valence-electron chi connectivity index (χ0n) is 18.4. The molecular formula is C26H27FeN3O3+2. The second kappa shape index (κ2) is 12.6. The van der Waals surface area contributed by atoms with Gasteiger partial charge < -0.3 is 14.7 Å². The number of aliphatic hydroxyl groups is 1. The molecule has 0 spiro atoms. The number of rotatable bonds is 5. The van der Waals surface area contributed by atoms with E-state index in [-0.39, 0.29) is 23.0 Å². The maximum atomic E-state index is 13.0. The van der Waals surface area contributed by atoms with Crippen LogP contribution in [0.3, 0.4) is 0 Å². The molecule has 1 atom stereocenters. The normalized spacial score (nSPS) is 20.5. The number of aliphatic hydroxyl groups excluding tert-OH is 1. The van der Waals surface area contributed by atoms with Crippen LogP contribution in [0, 0.1) is 63.7 Å². The summed E-state index contributed by atoms with van der Waals surface area (Å²) < 4.78 is 6.88. The first-order valence-electron chi connectivity index (χ1n) is 10.7. The number of benzene rings is 1. The van der Waals surface area contributed by atoms with Crippen molar-refractivity contribution in [3.05, 3.63) is 111 Å². The van der Waals surface area contributed by atoms with Crippen LogP contribution < -0.4 is 4.74 Å². The summed E-state index contributed by atoms with van der Waals surface area (Å²) in [4.78, 5) is 14.7. The van der Waals surface area contributed by atoms with Crippen molar-refractivity contribution in [2.45, 2.75) is 19.1 Å². The first kappa shape index (κ1) is 25.8. The summed E-state index contributed by atoms with van der Waals surface area (Å²) in [6, 6.07) is 9.63. The van der Waals surface area contributed by atoms with E-state index in [0.717, 1.165) is 22.9 Å². The predicted molar refractivity (Wildman–Crippen MR) is 122 cm³/mol. The van der Waals surface area contributed by atoms with Gasteiger partial charge in [-0.05, 0) is 88.0 Å².